The van der Waals surface area contributed by atoms with Crippen molar-refractivity contribution in [3.8, 4) is 0 Å². The molecule has 170 valence electrons. The number of nitrogens with zero attached hydrogens (tertiary/aromatic N) is 4. The van der Waals surface area contributed by atoms with E-state index in [2.05, 4.69) is 30.3 Å². The van der Waals surface area contributed by atoms with Crippen molar-refractivity contribution in [2.24, 2.45) is 4.99 Å². The predicted molar refractivity (Wildman–Crippen MR) is 140 cm³/mol. The number of hydrogen-bond acceptors (Lipinski definition) is 4. The van der Waals surface area contributed by atoms with Gasteiger partial charge in [0.25, 0.3) is 5.91 Å². The first-order valence-corrected chi connectivity index (χ1v) is 11.6. The highest BCUT2D eigenvalue weighted by Crippen LogP contribution is 2.27. The SMILES string of the molecule is CCNC(=NCCc1cccc(C(=O)N(C)C)c1)N(C)Cc1nc2c(s1)CCCC2.I. The molecule has 8 heteroatoms. The van der Waals surface area contributed by atoms with E-state index in [1.54, 1.807) is 19.0 Å². The number of aromatic nitrogens is 1. The lowest BCUT2D eigenvalue weighted by Crippen LogP contribution is -2.38. The van der Waals surface area contributed by atoms with E-state index in [1.165, 1.54) is 34.8 Å². The van der Waals surface area contributed by atoms with Crippen molar-refractivity contribution in [1.29, 1.82) is 0 Å². The zero-order valence-electron chi connectivity index (χ0n) is 19.0. The summed E-state index contributed by atoms with van der Waals surface area (Å²) in [6.45, 7) is 4.35. The molecule has 0 spiro atoms. The standard InChI is InChI=1S/C23H33N5OS.HI/c1-5-24-23(28(4)16-21-26-19-11-6-7-12-20(19)30-21)25-14-13-17-9-8-10-18(15-17)22(29)27(2)3;/h8-10,15H,5-7,11-14,16H2,1-4H3,(H,24,25);1H. The molecule has 6 nitrogen and oxygen atoms in total. The lowest BCUT2D eigenvalue weighted by atomic mass is 10.0. The minimum Gasteiger partial charge on any atom is -0.357 e. The van der Waals surface area contributed by atoms with Crippen molar-refractivity contribution >= 4 is 47.2 Å². The number of nitrogens with one attached hydrogen (secondary N) is 1. The molecule has 2 aromatic rings. The molecule has 0 atom stereocenters. The highest BCUT2D eigenvalue weighted by Gasteiger charge is 2.17. The number of rotatable bonds is 7. The molecule has 0 aliphatic heterocycles. The van der Waals surface area contributed by atoms with Gasteiger partial charge in [-0.25, -0.2) is 4.98 Å². The molecule has 1 aliphatic rings. The molecule has 1 heterocycles. The van der Waals surface area contributed by atoms with E-state index in [-0.39, 0.29) is 29.9 Å². The molecule has 0 fully saturated rings. The van der Waals surface area contributed by atoms with Crippen LogP contribution in [0.25, 0.3) is 0 Å². The van der Waals surface area contributed by atoms with Crippen LogP contribution in [0, 0.1) is 0 Å². The molecule has 1 aliphatic carbocycles. The fourth-order valence-electron chi connectivity index (χ4n) is 3.63. The Balaban J connectivity index is 0.00000341. The Labute approximate surface area is 207 Å². The second kappa shape index (κ2) is 12.4. The van der Waals surface area contributed by atoms with Crippen LogP contribution in [-0.4, -0.2) is 60.9 Å². The summed E-state index contributed by atoms with van der Waals surface area (Å²) in [5, 5.41) is 4.56. The number of carbonyl (C=O) groups is 1. The summed E-state index contributed by atoms with van der Waals surface area (Å²) in [5.41, 5.74) is 3.15. The first-order valence-electron chi connectivity index (χ1n) is 10.8. The summed E-state index contributed by atoms with van der Waals surface area (Å²) >= 11 is 1.85. The van der Waals surface area contributed by atoms with Gasteiger partial charge in [-0.2, -0.15) is 0 Å². The molecule has 0 saturated carbocycles. The maximum atomic E-state index is 12.2. The lowest BCUT2D eigenvalue weighted by molar-refractivity contribution is 0.0827. The zero-order chi connectivity index (χ0) is 21.5. The first kappa shape index (κ1) is 25.6. The van der Waals surface area contributed by atoms with E-state index in [0.717, 1.165) is 43.0 Å². The van der Waals surface area contributed by atoms with Gasteiger partial charge in [0.05, 0.1) is 12.2 Å². The highest BCUT2D eigenvalue weighted by molar-refractivity contribution is 14.0. The van der Waals surface area contributed by atoms with Crippen LogP contribution in [0.15, 0.2) is 29.3 Å². The maximum Gasteiger partial charge on any atom is 0.253 e. The fourth-order valence-corrected chi connectivity index (χ4v) is 4.84. The quantitative estimate of drug-likeness (QED) is 0.319. The topological polar surface area (TPSA) is 60.8 Å². The Bertz CT molecular complexity index is 872. The summed E-state index contributed by atoms with van der Waals surface area (Å²) in [5.74, 6) is 0.922. The molecule has 1 N–H and O–H groups in total. The van der Waals surface area contributed by atoms with Gasteiger partial charge in [0.15, 0.2) is 5.96 Å². The van der Waals surface area contributed by atoms with Gasteiger partial charge in [0.1, 0.15) is 5.01 Å². The van der Waals surface area contributed by atoms with E-state index in [4.69, 9.17) is 9.98 Å². The number of aryl methyl sites for hydroxylation is 2. The molecule has 0 radical (unpaired) electrons. The van der Waals surface area contributed by atoms with Gasteiger partial charge in [-0.1, -0.05) is 12.1 Å². The summed E-state index contributed by atoms with van der Waals surface area (Å²) < 4.78 is 0. The Morgan fingerprint density at radius 3 is 2.71 bits per heavy atom. The van der Waals surface area contributed by atoms with E-state index >= 15 is 0 Å². The smallest absolute Gasteiger partial charge is 0.253 e. The fraction of sp³-hybridized carbons (Fsp3) is 0.522. The summed E-state index contributed by atoms with van der Waals surface area (Å²) in [7, 11) is 5.62. The Morgan fingerprint density at radius 2 is 2.00 bits per heavy atom. The highest BCUT2D eigenvalue weighted by atomic mass is 127. The van der Waals surface area contributed by atoms with Crippen LogP contribution in [0.3, 0.4) is 0 Å². The number of guanidine groups is 1. The zero-order valence-corrected chi connectivity index (χ0v) is 22.1. The monoisotopic (exact) mass is 555 g/mol. The van der Waals surface area contributed by atoms with Gasteiger partial charge in [-0.15, -0.1) is 35.3 Å². The molecule has 31 heavy (non-hydrogen) atoms. The molecule has 1 aromatic carbocycles. The summed E-state index contributed by atoms with van der Waals surface area (Å²) in [4.78, 5) is 27.1. The van der Waals surface area contributed by atoms with Gasteiger partial charge in [0, 0.05) is 44.7 Å². The van der Waals surface area contributed by atoms with Gasteiger partial charge in [0.2, 0.25) is 0 Å². The van der Waals surface area contributed by atoms with Crippen LogP contribution in [0.5, 0.6) is 0 Å². The van der Waals surface area contributed by atoms with Crippen molar-refractivity contribution in [2.45, 2.75) is 45.6 Å². The van der Waals surface area contributed by atoms with Crippen LogP contribution in [0.1, 0.15) is 51.3 Å². The second-order valence-corrected chi connectivity index (χ2v) is 9.09. The van der Waals surface area contributed by atoms with E-state index in [9.17, 15) is 4.79 Å². The molecule has 1 aromatic heterocycles. The molecular formula is C23H34IN5OS. The summed E-state index contributed by atoms with van der Waals surface area (Å²) in [6, 6.07) is 7.82. The first-order chi connectivity index (χ1) is 14.5. The average molecular weight is 556 g/mol. The van der Waals surface area contributed by atoms with Crippen LogP contribution in [-0.2, 0) is 25.8 Å². The number of hydrogen-bond donors (Lipinski definition) is 1. The number of aliphatic imine (C=N–C) groups is 1. The molecule has 0 saturated heterocycles. The second-order valence-electron chi connectivity index (χ2n) is 7.93. The maximum absolute atomic E-state index is 12.2. The van der Waals surface area contributed by atoms with Crippen LogP contribution >= 0.6 is 35.3 Å². The number of halogens is 1. The van der Waals surface area contributed by atoms with Crippen molar-refractivity contribution in [2.75, 3.05) is 34.2 Å². The van der Waals surface area contributed by atoms with Gasteiger partial charge < -0.3 is 15.1 Å². The van der Waals surface area contributed by atoms with Crippen molar-refractivity contribution in [1.82, 2.24) is 20.1 Å². The van der Waals surface area contributed by atoms with Crippen LogP contribution in [0.2, 0.25) is 0 Å². The van der Waals surface area contributed by atoms with Crippen LogP contribution < -0.4 is 5.32 Å². The molecule has 3 rings (SSSR count). The van der Waals surface area contributed by atoms with E-state index in [0.29, 0.717) is 6.54 Å². The minimum atomic E-state index is 0. The Hall–Kier alpha value is -1.68. The molecular weight excluding hydrogens is 521 g/mol. The van der Waals surface area contributed by atoms with Crippen molar-refractivity contribution < 1.29 is 4.79 Å². The van der Waals surface area contributed by atoms with Gasteiger partial charge in [-0.05, 0) is 56.7 Å². The number of thiazole rings is 1. The third-order valence-corrected chi connectivity index (χ3v) is 6.34. The predicted octanol–water partition coefficient (Wildman–Crippen LogP) is 3.98. The number of carbonyl (C=O) groups excluding carboxylic acids is 1. The van der Waals surface area contributed by atoms with E-state index < -0.39 is 0 Å². The number of amides is 1. The Kier molecular flexibility index (Phi) is 10.2. The molecule has 0 bridgehead atoms. The largest absolute Gasteiger partial charge is 0.357 e. The summed E-state index contributed by atoms with van der Waals surface area (Å²) in [6.07, 6.45) is 5.65. The van der Waals surface area contributed by atoms with Gasteiger partial charge in [-0.3, -0.25) is 9.79 Å². The normalized spacial score (nSPS) is 13.2. The average Bonchev–Trinajstić information content (AvgIpc) is 3.15. The number of benzene rings is 1. The number of fused-ring (bicyclic) bond motifs is 1. The van der Waals surface area contributed by atoms with E-state index in [1.807, 2.05) is 29.5 Å². The van der Waals surface area contributed by atoms with Crippen molar-refractivity contribution in [3.63, 3.8) is 0 Å². The molecule has 0 unspecified atom stereocenters. The Morgan fingerprint density at radius 1 is 1.23 bits per heavy atom. The van der Waals surface area contributed by atoms with Crippen LogP contribution in [0.4, 0.5) is 0 Å². The minimum absolute atomic E-state index is 0. The lowest BCUT2D eigenvalue weighted by Gasteiger charge is -2.21. The van der Waals surface area contributed by atoms with Gasteiger partial charge >= 0.3 is 0 Å². The molecule has 1 amide bonds. The third kappa shape index (κ3) is 7.17. The third-order valence-electron chi connectivity index (χ3n) is 5.20. The van der Waals surface area contributed by atoms with Crippen molar-refractivity contribution in [3.05, 3.63) is 51.0 Å².